The van der Waals surface area contributed by atoms with E-state index in [0.29, 0.717) is 26.4 Å². The number of hydrogen-bond acceptors (Lipinski definition) is 5. The highest BCUT2D eigenvalue weighted by Crippen LogP contribution is 2.46. The third-order valence-corrected chi connectivity index (χ3v) is 4.95. The molecule has 2 rings (SSSR count). The number of hydrogen-bond donors (Lipinski definition) is 1. The second kappa shape index (κ2) is 10.3. The molecule has 0 radical (unpaired) electrons. The van der Waals surface area contributed by atoms with Crippen LogP contribution in [0.15, 0.2) is 24.3 Å². The molecule has 0 spiro atoms. The van der Waals surface area contributed by atoms with Crippen LogP contribution in [0.4, 0.5) is 0 Å². The summed E-state index contributed by atoms with van der Waals surface area (Å²) in [4.78, 5) is 10.7. The number of benzene rings is 1. The van der Waals surface area contributed by atoms with Crippen LogP contribution in [0.1, 0.15) is 38.2 Å². The zero-order valence-electron chi connectivity index (χ0n) is 14.2. The summed E-state index contributed by atoms with van der Waals surface area (Å²) in [5, 5.41) is 0. The van der Waals surface area contributed by atoms with Gasteiger partial charge in [-0.1, -0.05) is 12.1 Å². The summed E-state index contributed by atoms with van der Waals surface area (Å²) in [6.07, 6.45) is 4.07. The lowest BCUT2D eigenvalue weighted by Gasteiger charge is -2.14. The molecule has 0 aromatic heterocycles. The van der Waals surface area contributed by atoms with E-state index >= 15 is 0 Å². The van der Waals surface area contributed by atoms with Crippen LogP contribution in [0.2, 0.25) is 0 Å². The Morgan fingerprint density at radius 3 is 2.29 bits per heavy atom. The Morgan fingerprint density at radius 2 is 1.71 bits per heavy atom. The number of carbonyl (C=O) groups excluding carboxylic acids is 1. The lowest BCUT2D eigenvalue weighted by Crippen LogP contribution is -2.18. The van der Waals surface area contributed by atoms with E-state index in [4.69, 9.17) is 14.2 Å². The van der Waals surface area contributed by atoms with Crippen LogP contribution < -0.4 is 8.27 Å². The van der Waals surface area contributed by atoms with Gasteiger partial charge in [0.15, 0.2) is 5.78 Å². The summed E-state index contributed by atoms with van der Waals surface area (Å²) in [6.45, 7) is 4.26. The first kappa shape index (κ1) is 19.6. The molecule has 0 heterocycles. The van der Waals surface area contributed by atoms with Gasteiger partial charge >= 0.3 is 0 Å². The number of ether oxygens (including phenoxy) is 3. The molecular weight excluding hydrogens is 421 g/mol. The molecule has 1 fully saturated rings. The van der Waals surface area contributed by atoms with E-state index in [1.165, 1.54) is 25.3 Å². The van der Waals surface area contributed by atoms with Crippen molar-refractivity contribution in [2.75, 3.05) is 33.0 Å². The van der Waals surface area contributed by atoms with Crippen LogP contribution >= 0.6 is 22.9 Å². The fourth-order valence-corrected chi connectivity index (χ4v) is 3.22. The largest absolute Gasteiger partial charge is 0.494 e. The van der Waals surface area contributed by atoms with Crippen LogP contribution in [0, 0.1) is 0 Å². The Balaban J connectivity index is 1.48. The van der Waals surface area contributed by atoms with Crippen molar-refractivity contribution in [3.05, 3.63) is 29.8 Å². The molecule has 1 N–H and O–H groups in total. The second-order valence-electron chi connectivity index (χ2n) is 6.12. The predicted molar refractivity (Wildman–Crippen MR) is 102 cm³/mol. The van der Waals surface area contributed by atoms with Crippen molar-refractivity contribution >= 4 is 28.6 Å². The summed E-state index contributed by atoms with van der Waals surface area (Å²) in [5.74, 6) is 0.958. The highest BCUT2D eigenvalue weighted by Gasteiger charge is 2.43. The molecule has 0 saturated heterocycles. The maximum Gasteiger partial charge on any atom is 0.155 e. The second-order valence-corrected chi connectivity index (χ2v) is 6.66. The van der Waals surface area contributed by atoms with Crippen molar-refractivity contribution in [2.45, 2.75) is 38.1 Å². The van der Waals surface area contributed by atoms with Gasteiger partial charge in [0, 0.05) is 49.1 Å². The quantitative estimate of drug-likeness (QED) is 0.286. The molecule has 1 aromatic rings. The zero-order chi connectivity index (χ0) is 17.3. The van der Waals surface area contributed by atoms with Crippen LogP contribution in [-0.4, -0.2) is 38.8 Å². The van der Waals surface area contributed by atoms with Gasteiger partial charge in [0.1, 0.15) is 12.4 Å². The minimum atomic E-state index is 0.0546. The lowest BCUT2D eigenvalue weighted by molar-refractivity contribution is -0.121. The minimum absolute atomic E-state index is 0.0546. The summed E-state index contributed by atoms with van der Waals surface area (Å²) in [7, 11) is 0. The van der Waals surface area contributed by atoms with E-state index in [1.807, 2.05) is 12.1 Å². The fourth-order valence-electron chi connectivity index (χ4n) is 2.36. The first-order valence-corrected chi connectivity index (χ1v) is 9.50. The molecular formula is C18H26INO4. The lowest BCUT2D eigenvalue weighted by atomic mass is 10.1. The van der Waals surface area contributed by atoms with E-state index in [9.17, 15) is 4.79 Å². The Kier molecular flexibility index (Phi) is 8.44. The van der Waals surface area contributed by atoms with Crippen LogP contribution in [0.5, 0.6) is 5.75 Å². The molecule has 24 heavy (non-hydrogen) atoms. The van der Waals surface area contributed by atoms with Crippen molar-refractivity contribution in [1.82, 2.24) is 3.53 Å². The average Bonchev–Trinajstić information content (AvgIpc) is 3.38. The summed E-state index contributed by atoms with van der Waals surface area (Å²) in [6, 6.07) is 8.37. The molecule has 0 atom stereocenters. The van der Waals surface area contributed by atoms with Crippen molar-refractivity contribution < 1.29 is 19.0 Å². The van der Waals surface area contributed by atoms with Gasteiger partial charge in [0.25, 0.3) is 0 Å². The van der Waals surface area contributed by atoms with Gasteiger partial charge in [-0.2, -0.15) is 0 Å². The van der Waals surface area contributed by atoms with Gasteiger partial charge in [-0.25, -0.2) is 0 Å². The monoisotopic (exact) mass is 447 g/mol. The summed E-state index contributed by atoms with van der Waals surface area (Å²) >= 11 is 2.24. The van der Waals surface area contributed by atoms with Crippen LogP contribution in [0.3, 0.4) is 0 Å². The highest BCUT2D eigenvalue weighted by atomic mass is 127. The van der Waals surface area contributed by atoms with Crippen molar-refractivity contribution in [3.8, 4) is 5.75 Å². The Labute approximate surface area is 157 Å². The molecule has 5 nitrogen and oxygen atoms in total. The number of rotatable bonds is 13. The van der Waals surface area contributed by atoms with Gasteiger partial charge in [-0.15, -0.1) is 0 Å². The standard InChI is InChI=1S/C18H26INO4/c1-15(21)14-23-12-2-10-22-11-3-13-24-17-6-4-16(5-7-17)18(20-19)8-9-18/h4-7,20H,2-3,8-14H2,1H3. The van der Waals surface area contributed by atoms with E-state index < -0.39 is 0 Å². The number of carbonyl (C=O) groups is 1. The molecule has 0 amide bonds. The van der Waals surface area contributed by atoms with E-state index in [2.05, 4.69) is 38.5 Å². The van der Waals surface area contributed by atoms with Gasteiger partial charge in [0.2, 0.25) is 0 Å². The number of Topliss-reactive ketones (excluding diaryl/α,β-unsaturated/α-hetero) is 1. The van der Waals surface area contributed by atoms with Crippen molar-refractivity contribution in [3.63, 3.8) is 0 Å². The van der Waals surface area contributed by atoms with E-state index in [-0.39, 0.29) is 17.9 Å². The highest BCUT2D eigenvalue weighted by molar-refractivity contribution is 14.1. The molecule has 0 aliphatic heterocycles. The first-order valence-electron chi connectivity index (χ1n) is 8.42. The summed E-state index contributed by atoms with van der Waals surface area (Å²) < 4.78 is 19.8. The van der Waals surface area contributed by atoms with Crippen molar-refractivity contribution in [2.24, 2.45) is 0 Å². The zero-order valence-corrected chi connectivity index (χ0v) is 16.3. The van der Waals surface area contributed by atoms with Gasteiger partial charge in [-0.05, 0) is 43.9 Å². The van der Waals surface area contributed by atoms with Crippen molar-refractivity contribution in [1.29, 1.82) is 0 Å². The molecule has 1 saturated carbocycles. The molecule has 1 aliphatic carbocycles. The van der Waals surface area contributed by atoms with Crippen LogP contribution in [0.25, 0.3) is 0 Å². The normalized spacial score (nSPS) is 15.2. The number of halogens is 1. The minimum Gasteiger partial charge on any atom is -0.494 e. The average molecular weight is 447 g/mol. The molecule has 1 aromatic carbocycles. The third-order valence-electron chi connectivity index (χ3n) is 3.92. The number of ketones is 1. The smallest absolute Gasteiger partial charge is 0.155 e. The van der Waals surface area contributed by atoms with Gasteiger partial charge in [-0.3, -0.25) is 8.32 Å². The van der Waals surface area contributed by atoms with Gasteiger partial charge < -0.3 is 14.2 Å². The first-order chi connectivity index (χ1) is 11.7. The van der Waals surface area contributed by atoms with E-state index in [0.717, 1.165) is 18.6 Å². The predicted octanol–water partition coefficient (Wildman–Crippen LogP) is 3.40. The topological polar surface area (TPSA) is 56.8 Å². The Bertz CT molecular complexity index is 502. The van der Waals surface area contributed by atoms with Gasteiger partial charge in [0.05, 0.1) is 12.1 Å². The molecule has 0 bridgehead atoms. The Hall–Kier alpha value is -0.700. The summed E-state index contributed by atoms with van der Waals surface area (Å²) in [5.41, 5.74) is 1.53. The third kappa shape index (κ3) is 6.66. The fraction of sp³-hybridized carbons (Fsp3) is 0.611. The molecule has 6 heteroatoms. The maximum atomic E-state index is 10.7. The maximum absolute atomic E-state index is 10.7. The Morgan fingerprint density at radius 1 is 1.08 bits per heavy atom. The SMILES string of the molecule is CC(=O)COCCCOCCCOc1ccc(C2(NI)CC2)cc1. The number of nitrogens with one attached hydrogen (secondary N) is 1. The molecule has 134 valence electrons. The molecule has 0 unspecified atom stereocenters. The van der Waals surface area contributed by atoms with Crippen LogP contribution in [-0.2, 0) is 19.8 Å². The van der Waals surface area contributed by atoms with E-state index in [1.54, 1.807) is 0 Å². The molecule has 1 aliphatic rings.